The smallest absolute Gasteiger partial charge is 0.326 e. The van der Waals surface area contributed by atoms with Gasteiger partial charge in [0.15, 0.2) is 5.82 Å². The molecule has 2 heterocycles. The van der Waals surface area contributed by atoms with Gasteiger partial charge in [-0.1, -0.05) is 11.6 Å². The summed E-state index contributed by atoms with van der Waals surface area (Å²) in [5.74, 6) is -2.17. The number of rotatable bonds is 2. The second kappa shape index (κ2) is 5.82. The zero-order valence-corrected chi connectivity index (χ0v) is 13.0. The fourth-order valence-corrected chi connectivity index (χ4v) is 3.84. The van der Waals surface area contributed by atoms with Crippen molar-refractivity contribution in [1.29, 1.82) is 0 Å². The van der Waals surface area contributed by atoms with E-state index < -0.39 is 39.9 Å². The number of piperidine rings is 1. The van der Waals surface area contributed by atoms with E-state index in [4.69, 9.17) is 0 Å². The minimum absolute atomic E-state index is 0.184. The van der Waals surface area contributed by atoms with Gasteiger partial charge in [-0.2, -0.15) is 8.42 Å². The summed E-state index contributed by atoms with van der Waals surface area (Å²) >= 11 is 0. The summed E-state index contributed by atoms with van der Waals surface area (Å²) in [5, 5.41) is 13.1. The second-order valence-electron chi connectivity index (χ2n) is 5.43. The number of carbonyl (C=O) groups excluding carboxylic acids is 1. The molecule has 0 unspecified atom stereocenters. The lowest BCUT2D eigenvalue weighted by Crippen LogP contribution is -2.30. The summed E-state index contributed by atoms with van der Waals surface area (Å²) in [6.45, 7) is 1.05. The van der Waals surface area contributed by atoms with Gasteiger partial charge in [0, 0.05) is 5.56 Å². The lowest BCUT2D eigenvalue weighted by molar-refractivity contribution is -0.117. The number of phenolic OH excluding ortho intramolecular Hbond substituents is 1. The maximum Gasteiger partial charge on any atom is 0.326 e. The number of anilines is 1. The molecule has 2 aliphatic heterocycles. The fourth-order valence-electron chi connectivity index (χ4n) is 2.68. The van der Waals surface area contributed by atoms with E-state index in [0.717, 1.165) is 31.5 Å². The molecule has 2 aliphatic rings. The molecule has 0 atom stereocenters. The van der Waals surface area contributed by atoms with Gasteiger partial charge in [0.1, 0.15) is 18.0 Å². The Kier molecular flexibility index (Phi) is 3.99. The molecule has 7 nitrogen and oxygen atoms in total. The monoisotopic (exact) mass is 341 g/mol. The number of halogens is 1. The Morgan fingerprint density at radius 2 is 1.96 bits per heavy atom. The van der Waals surface area contributed by atoms with Crippen LogP contribution in [0.1, 0.15) is 18.4 Å². The van der Waals surface area contributed by atoms with Crippen molar-refractivity contribution in [3.05, 3.63) is 29.1 Å². The number of hydrogen-bond donors (Lipinski definition) is 3. The highest BCUT2D eigenvalue weighted by molar-refractivity contribution is 7.92. The first-order chi connectivity index (χ1) is 10.9. The van der Waals surface area contributed by atoms with Crippen LogP contribution >= 0.6 is 0 Å². The maximum atomic E-state index is 14.7. The lowest BCUT2D eigenvalue weighted by atomic mass is 10.0. The molecule has 1 amide bonds. The van der Waals surface area contributed by atoms with E-state index >= 15 is 0 Å². The van der Waals surface area contributed by atoms with E-state index in [1.165, 1.54) is 12.1 Å². The van der Waals surface area contributed by atoms with E-state index in [1.54, 1.807) is 10.8 Å². The summed E-state index contributed by atoms with van der Waals surface area (Å²) < 4.78 is 40.8. The number of nitrogens with one attached hydrogen (secondary N) is 2. The van der Waals surface area contributed by atoms with Gasteiger partial charge in [0.25, 0.3) is 5.91 Å². The van der Waals surface area contributed by atoms with Crippen molar-refractivity contribution >= 4 is 27.9 Å². The van der Waals surface area contributed by atoms with Gasteiger partial charge in [-0.05, 0) is 38.1 Å². The first kappa shape index (κ1) is 15.8. The van der Waals surface area contributed by atoms with Crippen LogP contribution in [-0.2, 0) is 15.0 Å². The normalized spacial score (nSPS) is 20.5. The van der Waals surface area contributed by atoms with Crippen molar-refractivity contribution in [1.82, 2.24) is 10.0 Å². The van der Waals surface area contributed by atoms with Gasteiger partial charge in [-0.15, -0.1) is 0 Å². The fraction of sp³-hybridized carbons (Fsp3) is 0.357. The van der Waals surface area contributed by atoms with E-state index in [2.05, 4.69) is 5.32 Å². The van der Waals surface area contributed by atoms with Gasteiger partial charge < -0.3 is 10.4 Å². The minimum Gasteiger partial charge on any atom is -0.506 e. The van der Waals surface area contributed by atoms with Crippen LogP contribution < -0.4 is 14.3 Å². The van der Waals surface area contributed by atoms with Crippen LogP contribution in [0.2, 0.25) is 0 Å². The van der Waals surface area contributed by atoms with Gasteiger partial charge in [-0.3, -0.25) is 4.79 Å². The summed E-state index contributed by atoms with van der Waals surface area (Å²) in [5.41, 5.74) is 0.716. The van der Waals surface area contributed by atoms with Crippen LogP contribution in [0.15, 0.2) is 17.7 Å². The summed E-state index contributed by atoms with van der Waals surface area (Å²) in [4.78, 5) is 11.3. The first-order valence-electron chi connectivity index (χ1n) is 7.13. The number of nitrogens with zero attached hydrogens (tertiary/aromatic N) is 1. The molecule has 124 valence electrons. The Morgan fingerprint density at radius 3 is 2.57 bits per heavy atom. The molecular weight excluding hydrogens is 325 g/mol. The molecule has 23 heavy (non-hydrogen) atoms. The predicted octanol–water partition coefficient (Wildman–Crippen LogP) is 0.479. The molecule has 0 aliphatic carbocycles. The highest BCUT2D eigenvalue weighted by Crippen LogP contribution is 2.36. The summed E-state index contributed by atoms with van der Waals surface area (Å²) in [6, 6.07) is 2.62. The molecule has 0 aromatic heterocycles. The minimum atomic E-state index is -4.18. The molecule has 0 bridgehead atoms. The third-order valence-electron chi connectivity index (χ3n) is 3.80. The lowest BCUT2D eigenvalue weighted by Gasteiger charge is -2.19. The predicted molar refractivity (Wildman–Crippen MR) is 82.6 cm³/mol. The van der Waals surface area contributed by atoms with Crippen LogP contribution in [-0.4, -0.2) is 39.1 Å². The Bertz CT molecular complexity index is 783. The number of aromatic hydroxyl groups is 1. The highest BCUT2D eigenvalue weighted by atomic mass is 32.2. The average molecular weight is 341 g/mol. The molecular formula is C14H16FN3O4S. The van der Waals surface area contributed by atoms with Crippen LogP contribution in [0, 0.1) is 5.82 Å². The van der Waals surface area contributed by atoms with Crippen LogP contribution in [0.25, 0.3) is 6.08 Å². The second-order valence-corrected chi connectivity index (χ2v) is 7.02. The van der Waals surface area contributed by atoms with Gasteiger partial charge in [0.2, 0.25) is 0 Å². The van der Waals surface area contributed by atoms with E-state index in [1.807, 2.05) is 0 Å². The number of amides is 1. The molecule has 2 saturated heterocycles. The zero-order chi connectivity index (χ0) is 16.6. The average Bonchev–Trinajstić information content (AvgIpc) is 2.76. The van der Waals surface area contributed by atoms with Crippen molar-refractivity contribution in [3.8, 4) is 5.75 Å². The molecule has 0 spiro atoms. The van der Waals surface area contributed by atoms with Crippen LogP contribution in [0.3, 0.4) is 0 Å². The van der Waals surface area contributed by atoms with Crippen LogP contribution in [0.5, 0.6) is 5.75 Å². The highest BCUT2D eigenvalue weighted by Gasteiger charge is 2.37. The number of benzene rings is 1. The largest absolute Gasteiger partial charge is 0.506 e. The molecule has 9 heteroatoms. The molecule has 3 N–H and O–H groups in total. The third kappa shape index (κ3) is 3.02. The first-order valence-corrected chi connectivity index (χ1v) is 8.57. The number of carbonyl (C=O) groups is 1. The maximum absolute atomic E-state index is 14.7. The van der Waals surface area contributed by atoms with Crippen molar-refractivity contribution in [2.24, 2.45) is 0 Å². The molecule has 2 fully saturated rings. The Balaban J connectivity index is 2.04. The Morgan fingerprint density at radius 1 is 1.26 bits per heavy atom. The molecule has 1 aromatic carbocycles. The van der Waals surface area contributed by atoms with Crippen molar-refractivity contribution < 1.29 is 22.7 Å². The zero-order valence-electron chi connectivity index (χ0n) is 12.2. The Hall–Kier alpha value is -2.13. The molecule has 1 aromatic rings. The Labute approximate surface area is 133 Å². The number of hydrogen-bond acceptors (Lipinski definition) is 5. The molecule has 0 radical (unpaired) electrons. The SMILES string of the molecule is O=C1CN(c2c(O)ccc(C=C3CCNCC3)c2F)S(=O)(=O)N1. The summed E-state index contributed by atoms with van der Waals surface area (Å²) in [7, 11) is -4.18. The van der Waals surface area contributed by atoms with Crippen molar-refractivity contribution in [2.45, 2.75) is 12.8 Å². The molecule has 3 rings (SSSR count). The quantitative estimate of drug-likeness (QED) is 0.727. The van der Waals surface area contributed by atoms with Crippen molar-refractivity contribution in [2.75, 3.05) is 23.9 Å². The van der Waals surface area contributed by atoms with Crippen LogP contribution in [0.4, 0.5) is 10.1 Å². The summed E-state index contributed by atoms with van der Waals surface area (Å²) in [6.07, 6.45) is 3.21. The van der Waals surface area contributed by atoms with E-state index in [0.29, 0.717) is 4.31 Å². The van der Waals surface area contributed by atoms with Crippen molar-refractivity contribution in [3.63, 3.8) is 0 Å². The standard InChI is InChI=1S/C14H16FN3O4S/c15-13-10(7-9-3-5-16-6-4-9)1-2-11(19)14(13)18-8-12(20)17-23(18,21)22/h1-2,7,16,19H,3-6,8H2,(H,17,20). The van der Waals surface area contributed by atoms with E-state index in [-0.39, 0.29) is 5.56 Å². The topological polar surface area (TPSA) is 98.7 Å². The van der Waals surface area contributed by atoms with E-state index in [9.17, 15) is 22.7 Å². The molecule has 0 saturated carbocycles. The van der Waals surface area contributed by atoms with Gasteiger partial charge in [-0.25, -0.2) is 13.4 Å². The third-order valence-corrected chi connectivity index (χ3v) is 5.18. The van der Waals surface area contributed by atoms with Gasteiger partial charge >= 0.3 is 10.2 Å². The number of phenols is 1. The van der Waals surface area contributed by atoms with Gasteiger partial charge in [0.05, 0.1) is 0 Å².